The number of carbonyl (C=O) groups excluding carboxylic acids is 1. The maximum atomic E-state index is 12.0. The number of nitrogens with two attached hydrogens (primary N) is 1. The number of nitrogens with one attached hydrogen (secondary N) is 1. The van der Waals surface area contributed by atoms with Gasteiger partial charge in [0.25, 0.3) is 0 Å². The SMILES string of the molecule is Cc1cc(Cl)nc(NC(=O)CC2(N)CCCCC2)n1. The molecule has 0 atom stereocenters. The quantitative estimate of drug-likeness (QED) is 0.834. The predicted molar refractivity (Wildman–Crippen MR) is 75.0 cm³/mol. The van der Waals surface area contributed by atoms with Crippen LogP contribution in [0, 0.1) is 6.92 Å². The van der Waals surface area contributed by atoms with Crippen molar-refractivity contribution in [3.63, 3.8) is 0 Å². The average Bonchev–Trinajstić information content (AvgIpc) is 2.27. The summed E-state index contributed by atoms with van der Waals surface area (Å²) >= 11 is 5.83. The standard InChI is InChI=1S/C13H19ClN4O/c1-9-7-10(14)17-12(16-9)18-11(19)8-13(15)5-3-2-4-6-13/h7H,2-6,8,15H2,1H3,(H,16,17,18,19). The largest absolute Gasteiger partial charge is 0.325 e. The number of carbonyl (C=O) groups is 1. The Morgan fingerprint density at radius 3 is 2.74 bits per heavy atom. The van der Waals surface area contributed by atoms with Crippen molar-refractivity contribution in [1.82, 2.24) is 9.97 Å². The maximum Gasteiger partial charge on any atom is 0.231 e. The summed E-state index contributed by atoms with van der Waals surface area (Å²) in [6.07, 6.45) is 5.50. The van der Waals surface area contributed by atoms with Gasteiger partial charge < -0.3 is 5.73 Å². The topological polar surface area (TPSA) is 80.9 Å². The highest BCUT2D eigenvalue weighted by Crippen LogP contribution is 2.28. The summed E-state index contributed by atoms with van der Waals surface area (Å²) in [5.74, 6) is 0.0977. The van der Waals surface area contributed by atoms with Crippen LogP contribution in [0.5, 0.6) is 0 Å². The van der Waals surface area contributed by atoms with Crippen molar-refractivity contribution in [2.24, 2.45) is 5.73 Å². The van der Waals surface area contributed by atoms with Crippen LogP contribution in [0.4, 0.5) is 5.95 Å². The van der Waals surface area contributed by atoms with E-state index in [2.05, 4.69) is 15.3 Å². The molecule has 0 spiro atoms. The Balaban J connectivity index is 1.97. The van der Waals surface area contributed by atoms with Crippen LogP contribution in [-0.4, -0.2) is 21.4 Å². The number of nitrogens with zero attached hydrogens (tertiary/aromatic N) is 2. The molecule has 0 radical (unpaired) electrons. The lowest BCUT2D eigenvalue weighted by atomic mass is 9.80. The van der Waals surface area contributed by atoms with E-state index in [4.69, 9.17) is 17.3 Å². The highest BCUT2D eigenvalue weighted by Gasteiger charge is 2.30. The molecule has 2 rings (SSSR count). The van der Waals surface area contributed by atoms with E-state index in [1.165, 1.54) is 6.42 Å². The van der Waals surface area contributed by atoms with Gasteiger partial charge in [0.15, 0.2) is 0 Å². The average molecular weight is 283 g/mol. The Bertz CT molecular complexity index is 451. The third kappa shape index (κ3) is 4.14. The van der Waals surface area contributed by atoms with E-state index in [1.807, 2.05) is 0 Å². The van der Waals surface area contributed by atoms with Crippen molar-refractivity contribution in [2.45, 2.75) is 51.0 Å². The van der Waals surface area contributed by atoms with Crippen LogP contribution >= 0.6 is 11.6 Å². The molecule has 0 unspecified atom stereocenters. The highest BCUT2D eigenvalue weighted by molar-refractivity contribution is 6.29. The van der Waals surface area contributed by atoms with Crippen molar-refractivity contribution >= 4 is 23.5 Å². The van der Waals surface area contributed by atoms with E-state index in [-0.39, 0.29) is 17.4 Å². The fourth-order valence-electron chi connectivity index (χ4n) is 2.51. The van der Waals surface area contributed by atoms with E-state index in [9.17, 15) is 4.79 Å². The second-order valence-corrected chi connectivity index (χ2v) is 5.69. The molecule has 1 amide bonds. The number of halogens is 1. The Kier molecular flexibility index (Phi) is 4.37. The molecular formula is C13H19ClN4O. The van der Waals surface area contributed by atoms with Crippen LogP contribution in [0.3, 0.4) is 0 Å². The Morgan fingerprint density at radius 2 is 2.11 bits per heavy atom. The van der Waals surface area contributed by atoms with Crippen LogP contribution in [0.2, 0.25) is 5.15 Å². The van der Waals surface area contributed by atoms with Crippen molar-refractivity contribution in [3.05, 3.63) is 16.9 Å². The molecular weight excluding hydrogens is 264 g/mol. The minimum Gasteiger partial charge on any atom is -0.325 e. The van der Waals surface area contributed by atoms with Crippen molar-refractivity contribution < 1.29 is 4.79 Å². The third-order valence-electron chi connectivity index (χ3n) is 3.44. The summed E-state index contributed by atoms with van der Waals surface area (Å²) < 4.78 is 0. The zero-order valence-corrected chi connectivity index (χ0v) is 11.8. The number of hydrogen-bond donors (Lipinski definition) is 2. The fourth-order valence-corrected chi connectivity index (χ4v) is 2.75. The minimum absolute atomic E-state index is 0.147. The molecule has 1 aromatic rings. The molecule has 1 fully saturated rings. The molecule has 104 valence electrons. The summed E-state index contributed by atoms with van der Waals surface area (Å²) in [6.45, 7) is 1.80. The molecule has 1 aliphatic rings. The van der Waals surface area contributed by atoms with Gasteiger partial charge in [-0.25, -0.2) is 9.97 Å². The number of amides is 1. The molecule has 0 aromatic carbocycles. The first-order chi connectivity index (χ1) is 8.97. The number of aryl methyl sites for hydroxylation is 1. The van der Waals surface area contributed by atoms with Gasteiger partial charge in [0, 0.05) is 17.7 Å². The molecule has 0 aliphatic heterocycles. The first kappa shape index (κ1) is 14.2. The van der Waals surface area contributed by atoms with Gasteiger partial charge in [-0.15, -0.1) is 0 Å². The van der Waals surface area contributed by atoms with Gasteiger partial charge in [0.1, 0.15) is 5.15 Å². The number of aromatic nitrogens is 2. The van der Waals surface area contributed by atoms with Crippen LogP contribution in [-0.2, 0) is 4.79 Å². The Morgan fingerprint density at radius 1 is 1.42 bits per heavy atom. The monoisotopic (exact) mass is 282 g/mol. The highest BCUT2D eigenvalue weighted by atomic mass is 35.5. The maximum absolute atomic E-state index is 12.0. The molecule has 19 heavy (non-hydrogen) atoms. The van der Waals surface area contributed by atoms with Crippen LogP contribution in [0.1, 0.15) is 44.2 Å². The van der Waals surface area contributed by atoms with E-state index < -0.39 is 0 Å². The van der Waals surface area contributed by atoms with E-state index in [1.54, 1.807) is 13.0 Å². The molecule has 1 aromatic heterocycles. The van der Waals surface area contributed by atoms with Crippen molar-refractivity contribution in [2.75, 3.05) is 5.32 Å². The normalized spacial score (nSPS) is 18.1. The van der Waals surface area contributed by atoms with Gasteiger partial charge in [-0.3, -0.25) is 10.1 Å². The number of hydrogen-bond acceptors (Lipinski definition) is 4. The third-order valence-corrected chi connectivity index (χ3v) is 3.63. The van der Waals surface area contributed by atoms with E-state index in [0.717, 1.165) is 31.4 Å². The van der Waals surface area contributed by atoms with Crippen LogP contribution in [0.25, 0.3) is 0 Å². The lowest BCUT2D eigenvalue weighted by molar-refractivity contribution is -0.117. The van der Waals surface area contributed by atoms with Gasteiger partial charge in [0.05, 0.1) is 0 Å². The van der Waals surface area contributed by atoms with Gasteiger partial charge in [-0.05, 0) is 25.8 Å². The van der Waals surface area contributed by atoms with Crippen LogP contribution < -0.4 is 11.1 Å². The smallest absolute Gasteiger partial charge is 0.231 e. The van der Waals surface area contributed by atoms with Crippen molar-refractivity contribution in [3.8, 4) is 0 Å². The summed E-state index contributed by atoms with van der Waals surface area (Å²) in [5, 5.41) is 2.99. The molecule has 6 heteroatoms. The van der Waals surface area contributed by atoms with Gasteiger partial charge >= 0.3 is 0 Å². The zero-order valence-electron chi connectivity index (χ0n) is 11.1. The molecule has 1 aliphatic carbocycles. The number of anilines is 1. The zero-order chi connectivity index (χ0) is 13.9. The summed E-state index contributed by atoms with van der Waals surface area (Å²) in [5.41, 5.74) is 6.58. The molecule has 0 bridgehead atoms. The lowest BCUT2D eigenvalue weighted by Gasteiger charge is -2.32. The van der Waals surface area contributed by atoms with E-state index >= 15 is 0 Å². The van der Waals surface area contributed by atoms with Crippen LogP contribution in [0.15, 0.2) is 6.07 Å². The second-order valence-electron chi connectivity index (χ2n) is 5.30. The summed E-state index contributed by atoms with van der Waals surface area (Å²) in [6, 6.07) is 1.64. The first-order valence-electron chi connectivity index (χ1n) is 6.57. The second kappa shape index (κ2) is 5.84. The Hall–Kier alpha value is -1.20. The minimum atomic E-state index is -0.379. The van der Waals surface area contributed by atoms with Gasteiger partial charge in [0.2, 0.25) is 11.9 Å². The van der Waals surface area contributed by atoms with Crippen molar-refractivity contribution in [1.29, 1.82) is 0 Å². The molecule has 5 nitrogen and oxygen atoms in total. The molecule has 3 N–H and O–H groups in total. The Labute approximate surface area is 118 Å². The summed E-state index contributed by atoms with van der Waals surface area (Å²) in [4.78, 5) is 20.1. The van der Waals surface area contributed by atoms with Gasteiger partial charge in [-0.1, -0.05) is 30.9 Å². The molecule has 1 heterocycles. The fraction of sp³-hybridized carbons (Fsp3) is 0.615. The van der Waals surface area contributed by atoms with Gasteiger partial charge in [-0.2, -0.15) is 0 Å². The first-order valence-corrected chi connectivity index (χ1v) is 6.95. The molecule has 0 saturated heterocycles. The lowest BCUT2D eigenvalue weighted by Crippen LogP contribution is -2.44. The molecule has 1 saturated carbocycles. The predicted octanol–water partition coefficient (Wildman–Crippen LogP) is 2.43. The number of rotatable bonds is 3. The van der Waals surface area contributed by atoms with E-state index in [0.29, 0.717) is 11.6 Å². The summed E-state index contributed by atoms with van der Waals surface area (Å²) in [7, 11) is 0.